The maximum atomic E-state index is 6.11. The molecule has 1 aromatic rings. The second-order valence-corrected chi connectivity index (χ2v) is 5.57. The molecule has 4 heteroatoms. The van der Waals surface area contributed by atoms with Crippen molar-refractivity contribution in [2.24, 2.45) is 0 Å². The van der Waals surface area contributed by atoms with Crippen molar-refractivity contribution in [1.82, 2.24) is 4.90 Å². The summed E-state index contributed by atoms with van der Waals surface area (Å²) < 4.78 is 0. The molecule has 0 bridgehead atoms. The summed E-state index contributed by atoms with van der Waals surface area (Å²) in [6, 6.07) is 5.70. The standard InChI is InChI=1S/C12H17ClN2S/c13-10-4-3-5-11(14)12(10)16-9-8-15-6-1-2-7-15/h3-5H,1-2,6-9,14H2. The van der Waals surface area contributed by atoms with Crippen molar-refractivity contribution in [3.63, 3.8) is 0 Å². The van der Waals surface area contributed by atoms with Crippen molar-refractivity contribution < 1.29 is 0 Å². The number of halogens is 1. The maximum absolute atomic E-state index is 6.11. The van der Waals surface area contributed by atoms with Crippen LogP contribution >= 0.6 is 23.4 Å². The molecule has 0 radical (unpaired) electrons. The Kier molecular flexibility index (Phi) is 4.38. The molecule has 2 N–H and O–H groups in total. The smallest absolute Gasteiger partial charge is 0.0562 e. The first kappa shape index (κ1) is 12.1. The van der Waals surface area contributed by atoms with Gasteiger partial charge in [0.15, 0.2) is 0 Å². The Hall–Kier alpha value is -0.380. The van der Waals surface area contributed by atoms with Gasteiger partial charge in [-0.2, -0.15) is 0 Å². The number of likely N-dealkylation sites (tertiary alicyclic amines) is 1. The van der Waals surface area contributed by atoms with E-state index < -0.39 is 0 Å². The minimum absolute atomic E-state index is 0.770. The molecule has 0 aliphatic carbocycles. The van der Waals surface area contributed by atoms with E-state index in [0.29, 0.717) is 0 Å². The van der Waals surface area contributed by atoms with E-state index in [1.807, 2.05) is 18.2 Å². The first-order valence-corrected chi connectivity index (χ1v) is 7.03. The summed E-state index contributed by atoms with van der Waals surface area (Å²) in [6.45, 7) is 3.63. The van der Waals surface area contributed by atoms with Crippen molar-refractivity contribution in [2.75, 3.05) is 31.1 Å². The van der Waals surface area contributed by atoms with E-state index in [2.05, 4.69) is 4.90 Å². The highest BCUT2D eigenvalue weighted by Gasteiger charge is 2.11. The molecule has 88 valence electrons. The quantitative estimate of drug-likeness (QED) is 0.663. The summed E-state index contributed by atoms with van der Waals surface area (Å²) >= 11 is 7.87. The molecular formula is C12H17ClN2S. The molecular weight excluding hydrogens is 240 g/mol. The number of anilines is 1. The van der Waals surface area contributed by atoms with E-state index in [9.17, 15) is 0 Å². The summed E-state index contributed by atoms with van der Waals surface area (Å²) in [5.74, 6) is 1.06. The van der Waals surface area contributed by atoms with Gasteiger partial charge in [0, 0.05) is 22.9 Å². The highest BCUT2D eigenvalue weighted by molar-refractivity contribution is 7.99. The zero-order valence-corrected chi connectivity index (χ0v) is 10.9. The molecule has 2 nitrogen and oxygen atoms in total. The summed E-state index contributed by atoms with van der Waals surface area (Å²) in [4.78, 5) is 3.53. The van der Waals surface area contributed by atoms with Crippen LogP contribution in [-0.4, -0.2) is 30.3 Å². The van der Waals surface area contributed by atoms with Crippen LogP contribution in [0.4, 0.5) is 5.69 Å². The molecule has 2 rings (SSSR count). The third-order valence-electron chi connectivity index (χ3n) is 2.85. The predicted molar refractivity (Wildman–Crippen MR) is 72.3 cm³/mol. The normalized spacial score (nSPS) is 16.8. The Morgan fingerprint density at radius 1 is 1.31 bits per heavy atom. The Morgan fingerprint density at radius 2 is 2.06 bits per heavy atom. The first-order valence-electron chi connectivity index (χ1n) is 5.66. The zero-order chi connectivity index (χ0) is 11.4. The van der Waals surface area contributed by atoms with Crippen LogP contribution in [0.15, 0.2) is 23.1 Å². The van der Waals surface area contributed by atoms with Gasteiger partial charge in [-0.3, -0.25) is 0 Å². The molecule has 0 aromatic heterocycles. The van der Waals surface area contributed by atoms with Crippen LogP contribution in [0.2, 0.25) is 5.02 Å². The molecule has 0 amide bonds. The number of nitrogen functional groups attached to an aromatic ring is 1. The largest absolute Gasteiger partial charge is 0.398 e. The van der Waals surface area contributed by atoms with E-state index in [1.54, 1.807) is 11.8 Å². The van der Waals surface area contributed by atoms with Crippen LogP contribution in [0.3, 0.4) is 0 Å². The third kappa shape index (κ3) is 3.06. The van der Waals surface area contributed by atoms with Gasteiger partial charge in [0.25, 0.3) is 0 Å². The summed E-state index contributed by atoms with van der Waals surface area (Å²) in [5.41, 5.74) is 6.69. The fraction of sp³-hybridized carbons (Fsp3) is 0.500. The monoisotopic (exact) mass is 256 g/mol. The molecule has 1 fully saturated rings. The summed E-state index contributed by atoms with van der Waals surface area (Å²) in [5, 5.41) is 0.770. The van der Waals surface area contributed by atoms with Crippen LogP contribution in [0, 0.1) is 0 Å². The Morgan fingerprint density at radius 3 is 2.75 bits per heavy atom. The molecule has 0 unspecified atom stereocenters. The highest BCUT2D eigenvalue weighted by Crippen LogP contribution is 2.32. The SMILES string of the molecule is Nc1cccc(Cl)c1SCCN1CCCC1. The summed E-state index contributed by atoms with van der Waals surface area (Å²) in [6.07, 6.45) is 2.69. The molecule has 1 heterocycles. The number of hydrogen-bond donors (Lipinski definition) is 1. The number of nitrogens with zero attached hydrogens (tertiary/aromatic N) is 1. The van der Waals surface area contributed by atoms with Gasteiger partial charge in [-0.15, -0.1) is 11.8 Å². The van der Waals surface area contributed by atoms with Crippen molar-refractivity contribution in [2.45, 2.75) is 17.7 Å². The molecule has 1 saturated heterocycles. The van der Waals surface area contributed by atoms with E-state index in [-0.39, 0.29) is 0 Å². The number of rotatable bonds is 4. The molecule has 16 heavy (non-hydrogen) atoms. The van der Waals surface area contributed by atoms with E-state index in [1.165, 1.54) is 25.9 Å². The van der Waals surface area contributed by atoms with Gasteiger partial charge in [0.05, 0.1) is 5.02 Å². The maximum Gasteiger partial charge on any atom is 0.0562 e. The number of benzene rings is 1. The van der Waals surface area contributed by atoms with Gasteiger partial charge in [-0.1, -0.05) is 17.7 Å². The highest BCUT2D eigenvalue weighted by atomic mass is 35.5. The zero-order valence-electron chi connectivity index (χ0n) is 9.29. The number of hydrogen-bond acceptors (Lipinski definition) is 3. The van der Waals surface area contributed by atoms with Crippen molar-refractivity contribution in [1.29, 1.82) is 0 Å². The van der Waals surface area contributed by atoms with Gasteiger partial charge in [-0.05, 0) is 38.1 Å². The molecule has 0 saturated carbocycles. The minimum Gasteiger partial charge on any atom is -0.398 e. The Balaban J connectivity index is 1.84. The Labute approximate surface area is 106 Å². The fourth-order valence-electron chi connectivity index (χ4n) is 1.96. The lowest BCUT2D eigenvalue weighted by atomic mass is 10.3. The molecule has 1 aliphatic heterocycles. The van der Waals surface area contributed by atoms with Crippen LogP contribution in [0.25, 0.3) is 0 Å². The van der Waals surface area contributed by atoms with Gasteiger partial charge in [-0.25, -0.2) is 0 Å². The average molecular weight is 257 g/mol. The summed E-state index contributed by atoms with van der Waals surface area (Å²) in [7, 11) is 0. The van der Waals surface area contributed by atoms with Crippen molar-refractivity contribution >= 4 is 29.1 Å². The van der Waals surface area contributed by atoms with E-state index in [0.717, 1.165) is 27.9 Å². The first-order chi connectivity index (χ1) is 7.77. The van der Waals surface area contributed by atoms with E-state index in [4.69, 9.17) is 17.3 Å². The molecule has 1 aromatic carbocycles. The minimum atomic E-state index is 0.770. The lowest BCUT2D eigenvalue weighted by Gasteiger charge is -2.14. The van der Waals surface area contributed by atoms with Crippen LogP contribution in [0.1, 0.15) is 12.8 Å². The lowest BCUT2D eigenvalue weighted by Crippen LogP contribution is -2.21. The van der Waals surface area contributed by atoms with Gasteiger partial charge < -0.3 is 10.6 Å². The van der Waals surface area contributed by atoms with Crippen molar-refractivity contribution in [3.05, 3.63) is 23.2 Å². The topological polar surface area (TPSA) is 29.3 Å². The molecule has 1 aliphatic rings. The number of thioether (sulfide) groups is 1. The van der Waals surface area contributed by atoms with Gasteiger partial charge in [0.1, 0.15) is 0 Å². The van der Waals surface area contributed by atoms with E-state index >= 15 is 0 Å². The third-order valence-corrected chi connectivity index (χ3v) is 4.41. The van der Waals surface area contributed by atoms with Gasteiger partial charge >= 0.3 is 0 Å². The second kappa shape index (κ2) is 5.80. The second-order valence-electron chi connectivity index (χ2n) is 4.06. The van der Waals surface area contributed by atoms with Crippen LogP contribution in [-0.2, 0) is 0 Å². The predicted octanol–water partition coefficient (Wildman–Crippen LogP) is 3.11. The van der Waals surface area contributed by atoms with Gasteiger partial charge in [0.2, 0.25) is 0 Å². The molecule has 0 atom stereocenters. The molecule has 0 spiro atoms. The van der Waals surface area contributed by atoms with Crippen molar-refractivity contribution in [3.8, 4) is 0 Å². The van der Waals surface area contributed by atoms with Crippen LogP contribution < -0.4 is 5.73 Å². The van der Waals surface area contributed by atoms with Crippen LogP contribution in [0.5, 0.6) is 0 Å². The lowest BCUT2D eigenvalue weighted by molar-refractivity contribution is 0.362. The Bertz CT molecular complexity index is 331. The average Bonchev–Trinajstić information content (AvgIpc) is 2.75. The number of nitrogens with two attached hydrogens (primary N) is 1. The fourth-order valence-corrected chi connectivity index (χ4v) is 3.30.